The Bertz CT molecular complexity index is 650. The van der Waals surface area contributed by atoms with Crippen LogP contribution in [0.3, 0.4) is 0 Å². The molecule has 0 fully saturated rings. The van der Waals surface area contributed by atoms with Crippen molar-refractivity contribution in [2.24, 2.45) is 0 Å². The van der Waals surface area contributed by atoms with Crippen LogP contribution in [0.5, 0.6) is 5.75 Å². The summed E-state index contributed by atoms with van der Waals surface area (Å²) in [6.07, 6.45) is -1.19. The lowest BCUT2D eigenvalue weighted by molar-refractivity contribution is -0.129. The minimum atomic E-state index is -1.19. The summed E-state index contributed by atoms with van der Waals surface area (Å²) in [5, 5.41) is 12.5. The second kappa shape index (κ2) is 7.79. The number of hydrogen-bond donors (Lipinski definition) is 2. The van der Waals surface area contributed by atoms with E-state index in [1.807, 2.05) is 36.4 Å². The number of aliphatic hydroxyl groups excluding tert-OH is 1. The first-order valence-electron chi connectivity index (χ1n) is 7.73. The second-order valence-corrected chi connectivity index (χ2v) is 5.73. The van der Waals surface area contributed by atoms with Gasteiger partial charge in [0, 0.05) is 7.05 Å². The molecule has 0 heterocycles. The largest absolute Gasteiger partial charge is 0.489 e. The van der Waals surface area contributed by atoms with E-state index < -0.39 is 12.0 Å². The number of likely N-dealkylation sites (N-methyl/N-ethyl adjacent to an activating group) is 1. The maximum atomic E-state index is 11.6. The molecule has 0 aliphatic rings. The van der Waals surface area contributed by atoms with E-state index in [-0.39, 0.29) is 0 Å². The molecule has 122 valence electrons. The summed E-state index contributed by atoms with van der Waals surface area (Å²) in [4.78, 5) is 11.6. The third kappa shape index (κ3) is 4.33. The molecule has 2 rings (SSSR count). The van der Waals surface area contributed by atoms with Gasteiger partial charge in [0.15, 0.2) is 6.10 Å². The number of aliphatic hydroxyl groups is 1. The summed E-state index contributed by atoms with van der Waals surface area (Å²) in [7, 11) is 1.50. The summed E-state index contributed by atoms with van der Waals surface area (Å²) in [6.45, 7) is 4.59. The first-order chi connectivity index (χ1) is 11.0. The van der Waals surface area contributed by atoms with E-state index in [0.29, 0.717) is 18.1 Å². The molecule has 0 saturated heterocycles. The van der Waals surface area contributed by atoms with Crippen molar-refractivity contribution in [3.8, 4) is 5.75 Å². The highest BCUT2D eigenvalue weighted by atomic mass is 16.5. The van der Waals surface area contributed by atoms with Crippen LogP contribution in [0.1, 0.15) is 42.6 Å². The van der Waals surface area contributed by atoms with Crippen LogP contribution < -0.4 is 10.1 Å². The van der Waals surface area contributed by atoms with Gasteiger partial charge in [-0.2, -0.15) is 0 Å². The molecule has 4 nitrogen and oxygen atoms in total. The molecule has 0 spiro atoms. The summed E-state index contributed by atoms with van der Waals surface area (Å²) >= 11 is 0. The topological polar surface area (TPSA) is 58.6 Å². The number of carbonyl (C=O) groups excluding carboxylic acids is 1. The van der Waals surface area contributed by atoms with Gasteiger partial charge in [-0.1, -0.05) is 50.2 Å². The van der Waals surface area contributed by atoms with Gasteiger partial charge in [-0.15, -0.1) is 0 Å². The quantitative estimate of drug-likeness (QED) is 0.861. The van der Waals surface area contributed by atoms with Crippen LogP contribution >= 0.6 is 0 Å². The smallest absolute Gasteiger partial charge is 0.253 e. The van der Waals surface area contributed by atoms with Crippen LogP contribution in [0.25, 0.3) is 0 Å². The van der Waals surface area contributed by atoms with Gasteiger partial charge < -0.3 is 15.2 Å². The molecule has 0 aliphatic heterocycles. The van der Waals surface area contributed by atoms with Gasteiger partial charge in [0.2, 0.25) is 0 Å². The summed E-state index contributed by atoms with van der Waals surface area (Å²) in [5.41, 5.74) is 2.61. The average molecular weight is 313 g/mol. The summed E-state index contributed by atoms with van der Waals surface area (Å²) in [6, 6.07) is 15.2. The third-order valence-electron chi connectivity index (χ3n) is 3.79. The summed E-state index contributed by atoms with van der Waals surface area (Å²) in [5.74, 6) is 0.810. The summed E-state index contributed by atoms with van der Waals surface area (Å²) < 4.78 is 5.79. The highest BCUT2D eigenvalue weighted by Crippen LogP contribution is 2.22. The van der Waals surface area contributed by atoms with Gasteiger partial charge in [-0.3, -0.25) is 4.79 Å². The molecule has 2 aromatic rings. The predicted octanol–water partition coefficient (Wildman–Crippen LogP) is 3.17. The standard InChI is InChI=1S/C19H23NO3/c1-13(2)14-8-10-16(11-9-14)23-12-15-6-4-5-7-17(15)18(21)19(22)20-3/h4-11,13,18,21H,12H2,1-3H3,(H,20,22). The second-order valence-electron chi connectivity index (χ2n) is 5.73. The van der Waals surface area contributed by atoms with E-state index in [1.54, 1.807) is 12.1 Å². The Morgan fingerprint density at radius 1 is 1.13 bits per heavy atom. The average Bonchev–Trinajstić information content (AvgIpc) is 2.59. The fraction of sp³-hybridized carbons (Fsp3) is 0.316. The van der Waals surface area contributed by atoms with E-state index in [0.717, 1.165) is 11.3 Å². The van der Waals surface area contributed by atoms with E-state index >= 15 is 0 Å². The van der Waals surface area contributed by atoms with Gasteiger partial charge in [-0.05, 0) is 34.7 Å². The van der Waals surface area contributed by atoms with Crippen LogP contribution in [0, 0.1) is 0 Å². The maximum Gasteiger partial charge on any atom is 0.253 e. The minimum absolute atomic E-state index is 0.297. The van der Waals surface area contributed by atoms with E-state index in [9.17, 15) is 9.90 Å². The number of rotatable bonds is 6. The molecule has 4 heteroatoms. The normalized spacial score (nSPS) is 12.0. The molecule has 0 aromatic heterocycles. The number of hydrogen-bond acceptors (Lipinski definition) is 3. The lowest BCUT2D eigenvalue weighted by Crippen LogP contribution is -2.26. The minimum Gasteiger partial charge on any atom is -0.489 e. The van der Waals surface area contributed by atoms with Crippen molar-refractivity contribution in [3.05, 3.63) is 65.2 Å². The predicted molar refractivity (Wildman–Crippen MR) is 90.3 cm³/mol. The van der Waals surface area contributed by atoms with Crippen molar-refractivity contribution in [1.29, 1.82) is 0 Å². The fourth-order valence-corrected chi connectivity index (χ4v) is 2.32. The lowest BCUT2D eigenvalue weighted by Gasteiger charge is -2.15. The van der Waals surface area contributed by atoms with Gasteiger partial charge in [0.05, 0.1) is 0 Å². The Balaban J connectivity index is 2.10. The molecule has 0 saturated carbocycles. The van der Waals surface area contributed by atoms with Crippen molar-refractivity contribution >= 4 is 5.91 Å². The van der Waals surface area contributed by atoms with Crippen molar-refractivity contribution in [2.75, 3.05) is 7.05 Å². The highest BCUT2D eigenvalue weighted by molar-refractivity contribution is 5.82. The molecule has 0 aliphatic carbocycles. The monoisotopic (exact) mass is 313 g/mol. The van der Waals surface area contributed by atoms with Crippen LogP contribution in [-0.2, 0) is 11.4 Å². The van der Waals surface area contributed by atoms with Crippen LogP contribution in [-0.4, -0.2) is 18.1 Å². The molecular formula is C19H23NO3. The molecule has 2 aromatic carbocycles. The number of carbonyl (C=O) groups is 1. The molecular weight excluding hydrogens is 290 g/mol. The van der Waals surface area contributed by atoms with E-state index in [2.05, 4.69) is 19.2 Å². The zero-order chi connectivity index (χ0) is 16.8. The van der Waals surface area contributed by atoms with Crippen LogP contribution in [0.15, 0.2) is 48.5 Å². The Hall–Kier alpha value is -2.33. The number of benzene rings is 2. The Kier molecular flexibility index (Phi) is 5.77. The molecule has 0 bridgehead atoms. The zero-order valence-electron chi connectivity index (χ0n) is 13.7. The number of amides is 1. The zero-order valence-corrected chi connectivity index (χ0v) is 13.7. The highest BCUT2D eigenvalue weighted by Gasteiger charge is 2.19. The van der Waals surface area contributed by atoms with Crippen LogP contribution in [0.4, 0.5) is 0 Å². The third-order valence-corrected chi connectivity index (χ3v) is 3.79. The maximum absolute atomic E-state index is 11.6. The number of nitrogens with one attached hydrogen (secondary N) is 1. The Labute approximate surface area is 137 Å². The number of ether oxygens (including phenoxy) is 1. The molecule has 0 radical (unpaired) electrons. The Morgan fingerprint density at radius 3 is 2.39 bits per heavy atom. The molecule has 23 heavy (non-hydrogen) atoms. The van der Waals surface area contributed by atoms with Crippen molar-refractivity contribution in [2.45, 2.75) is 32.5 Å². The Morgan fingerprint density at radius 2 is 1.78 bits per heavy atom. The van der Waals surface area contributed by atoms with Crippen molar-refractivity contribution in [1.82, 2.24) is 5.32 Å². The van der Waals surface area contributed by atoms with E-state index in [4.69, 9.17) is 4.74 Å². The first-order valence-corrected chi connectivity index (χ1v) is 7.73. The molecule has 1 atom stereocenters. The van der Waals surface area contributed by atoms with Crippen molar-refractivity contribution in [3.63, 3.8) is 0 Å². The van der Waals surface area contributed by atoms with Gasteiger partial charge in [0.25, 0.3) is 5.91 Å². The fourth-order valence-electron chi connectivity index (χ4n) is 2.32. The van der Waals surface area contributed by atoms with Gasteiger partial charge in [-0.25, -0.2) is 0 Å². The molecule has 2 N–H and O–H groups in total. The SMILES string of the molecule is CNC(=O)C(O)c1ccccc1COc1ccc(C(C)C)cc1. The van der Waals surface area contributed by atoms with Gasteiger partial charge >= 0.3 is 0 Å². The lowest BCUT2D eigenvalue weighted by atomic mass is 10.0. The van der Waals surface area contributed by atoms with Crippen molar-refractivity contribution < 1.29 is 14.6 Å². The van der Waals surface area contributed by atoms with Crippen LogP contribution in [0.2, 0.25) is 0 Å². The van der Waals surface area contributed by atoms with Gasteiger partial charge in [0.1, 0.15) is 12.4 Å². The molecule has 1 amide bonds. The van der Waals surface area contributed by atoms with E-state index in [1.165, 1.54) is 12.6 Å². The first kappa shape index (κ1) is 17.0. The molecule has 1 unspecified atom stereocenters.